The fourth-order valence-corrected chi connectivity index (χ4v) is 2.55. The molecule has 0 aliphatic carbocycles. The molecule has 0 atom stereocenters. The first-order valence-corrected chi connectivity index (χ1v) is 7.86. The smallest absolute Gasteiger partial charge is 0.220 e. The molecule has 5 nitrogen and oxygen atoms in total. The van der Waals surface area contributed by atoms with Crippen molar-refractivity contribution in [3.05, 3.63) is 0 Å². The van der Waals surface area contributed by atoms with Gasteiger partial charge in [-0.3, -0.25) is 9.59 Å². The van der Waals surface area contributed by atoms with E-state index in [2.05, 4.69) is 17.6 Å². The summed E-state index contributed by atoms with van der Waals surface area (Å²) >= 11 is 0. The van der Waals surface area contributed by atoms with Gasteiger partial charge >= 0.3 is 0 Å². The second kappa shape index (κ2) is 11.8. The molecule has 1 saturated heterocycles. The van der Waals surface area contributed by atoms with Crippen LogP contribution in [0.2, 0.25) is 0 Å². The van der Waals surface area contributed by atoms with Gasteiger partial charge in [-0.1, -0.05) is 6.92 Å². The van der Waals surface area contributed by atoms with Gasteiger partial charge in [0.15, 0.2) is 0 Å². The Balaban J connectivity index is 0.00000400. The molecule has 1 heterocycles. The van der Waals surface area contributed by atoms with Gasteiger partial charge in [0.2, 0.25) is 11.8 Å². The molecule has 1 aliphatic rings. The van der Waals surface area contributed by atoms with Crippen LogP contribution in [0.4, 0.5) is 0 Å². The molecule has 0 spiro atoms. The van der Waals surface area contributed by atoms with Crippen molar-refractivity contribution in [2.24, 2.45) is 5.92 Å². The van der Waals surface area contributed by atoms with E-state index in [1.165, 1.54) is 0 Å². The Morgan fingerprint density at radius 3 is 2.38 bits per heavy atom. The van der Waals surface area contributed by atoms with Crippen LogP contribution in [0, 0.1) is 5.92 Å². The SMILES string of the molecule is CCCNCCNC(=O)CCC1CCN(C(C)=O)CC1.Cl. The van der Waals surface area contributed by atoms with Crippen molar-refractivity contribution >= 4 is 24.2 Å². The molecule has 2 N–H and O–H groups in total. The molecule has 0 aromatic carbocycles. The van der Waals surface area contributed by atoms with Crippen LogP contribution in [-0.4, -0.2) is 49.4 Å². The largest absolute Gasteiger partial charge is 0.355 e. The minimum Gasteiger partial charge on any atom is -0.355 e. The summed E-state index contributed by atoms with van der Waals surface area (Å²) in [4.78, 5) is 24.8. The number of rotatable bonds is 8. The summed E-state index contributed by atoms with van der Waals surface area (Å²) < 4.78 is 0. The highest BCUT2D eigenvalue weighted by Gasteiger charge is 2.20. The van der Waals surface area contributed by atoms with Crippen molar-refractivity contribution in [3.63, 3.8) is 0 Å². The van der Waals surface area contributed by atoms with E-state index in [0.29, 0.717) is 18.9 Å². The zero-order chi connectivity index (χ0) is 14.8. The number of hydrogen-bond donors (Lipinski definition) is 2. The number of hydrogen-bond acceptors (Lipinski definition) is 3. The summed E-state index contributed by atoms with van der Waals surface area (Å²) in [6, 6.07) is 0. The maximum absolute atomic E-state index is 11.7. The predicted octanol–water partition coefficient (Wildman–Crippen LogP) is 1.56. The highest BCUT2D eigenvalue weighted by Crippen LogP contribution is 2.21. The molecule has 0 aromatic heterocycles. The van der Waals surface area contributed by atoms with Crippen molar-refractivity contribution in [1.29, 1.82) is 0 Å². The number of nitrogens with zero attached hydrogens (tertiary/aromatic N) is 1. The first-order valence-electron chi connectivity index (χ1n) is 7.86. The average molecular weight is 320 g/mol. The van der Waals surface area contributed by atoms with Crippen LogP contribution in [0.25, 0.3) is 0 Å². The molecule has 0 aromatic rings. The Morgan fingerprint density at radius 2 is 1.81 bits per heavy atom. The molecule has 0 radical (unpaired) electrons. The van der Waals surface area contributed by atoms with Gasteiger partial charge in [-0.2, -0.15) is 0 Å². The summed E-state index contributed by atoms with van der Waals surface area (Å²) in [6.45, 7) is 8.01. The van der Waals surface area contributed by atoms with Gasteiger partial charge in [-0.25, -0.2) is 0 Å². The summed E-state index contributed by atoms with van der Waals surface area (Å²) in [5, 5.41) is 6.20. The number of carbonyl (C=O) groups excluding carboxylic acids is 2. The number of likely N-dealkylation sites (tertiary alicyclic amines) is 1. The quantitative estimate of drug-likeness (QED) is 0.668. The van der Waals surface area contributed by atoms with Crippen molar-refractivity contribution in [3.8, 4) is 0 Å². The molecule has 0 unspecified atom stereocenters. The summed E-state index contributed by atoms with van der Waals surface area (Å²) in [5.74, 6) is 0.910. The lowest BCUT2D eigenvalue weighted by Crippen LogP contribution is -2.37. The lowest BCUT2D eigenvalue weighted by atomic mass is 9.92. The molecule has 0 bridgehead atoms. The van der Waals surface area contributed by atoms with Crippen LogP contribution in [0.5, 0.6) is 0 Å². The zero-order valence-corrected chi connectivity index (χ0v) is 14.1. The second-order valence-corrected chi connectivity index (χ2v) is 5.59. The fourth-order valence-electron chi connectivity index (χ4n) is 2.55. The fraction of sp³-hybridized carbons (Fsp3) is 0.867. The lowest BCUT2D eigenvalue weighted by Gasteiger charge is -2.31. The van der Waals surface area contributed by atoms with Crippen molar-refractivity contribution < 1.29 is 9.59 Å². The van der Waals surface area contributed by atoms with Crippen LogP contribution in [0.15, 0.2) is 0 Å². The molecular formula is C15H30ClN3O2. The normalized spacial score (nSPS) is 15.4. The van der Waals surface area contributed by atoms with Gasteiger partial charge in [0.25, 0.3) is 0 Å². The molecule has 1 rings (SSSR count). The molecule has 2 amide bonds. The summed E-state index contributed by atoms with van der Waals surface area (Å²) in [6.07, 6.45) is 4.74. The zero-order valence-electron chi connectivity index (χ0n) is 13.3. The molecular weight excluding hydrogens is 290 g/mol. The third kappa shape index (κ3) is 8.94. The van der Waals surface area contributed by atoms with Crippen molar-refractivity contribution in [2.75, 3.05) is 32.7 Å². The second-order valence-electron chi connectivity index (χ2n) is 5.59. The van der Waals surface area contributed by atoms with E-state index < -0.39 is 0 Å². The van der Waals surface area contributed by atoms with Crippen LogP contribution < -0.4 is 10.6 Å². The minimum atomic E-state index is 0. The van der Waals surface area contributed by atoms with Gasteiger partial charge in [-0.15, -0.1) is 12.4 Å². The highest BCUT2D eigenvalue weighted by molar-refractivity contribution is 5.85. The van der Waals surface area contributed by atoms with E-state index in [-0.39, 0.29) is 24.2 Å². The number of amides is 2. The predicted molar refractivity (Wildman–Crippen MR) is 87.6 cm³/mol. The van der Waals surface area contributed by atoms with E-state index in [9.17, 15) is 9.59 Å². The first-order chi connectivity index (χ1) is 9.63. The molecule has 21 heavy (non-hydrogen) atoms. The van der Waals surface area contributed by atoms with E-state index in [1.807, 2.05) is 4.90 Å². The highest BCUT2D eigenvalue weighted by atomic mass is 35.5. The topological polar surface area (TPSA) is 61.4 Å². The van der Waals surface area contributed by atoms with E-state index in [1.54, 1.807) is 6.92 Å². The Hall–Kier alpha value is -0.810. The van der Waals surface area contributed by atoms with Crippen LogP contribution in [0.3, 0.4) is 0 Å². The summed E-state index contributed by atoms with van der Waals surface area (Å²) in [7, 11) is 0. The van der Waals surface area contributed by atoms with E-state index >= 15 is 0 Å². The van der Waals surface area contributed by atoms with Crippen molar-refractivity contribution in [2.45, 2.75) is 46.0 Å². The van der Waals surface area contributed by atoms with Crippen LogP contribution in [-0.2, 0) is 9.59 Å². The Bertz CT molecular complexity index is 305. The number of carbonyl (C=O) groups is 2. The van der Waals surface area contributed by atoms with Crippen LogP contribution in [0.1, 0.15) is 46.0 Å². The monoisotopic (exact) mass is 319 g/mol. The Labute approximate surface area is 134 Å². The third-order valence-electron chi connectivity index (χ3n) is 3.89. The van der Waals surface area contributed by atoms with Gasteiger partial charge < -0.3 is 15.5 Å². The molecule has 1 aliphatic heterocycles. The molecule has 6 heteroatoms. The molecule has 124 valence electrons. The maximum atomic E-state index is 11.7. The standard InChI is InChI=1S/C15H29N3O2.ClH/c1-3-8-16-9-10-17-15(20)5-4-14-6-11-18(12-7-14)13(2)19;/h14,16H,3-12H2,1-2H3,(H,17,20);1H. The van der Waals surface area contributed by atoms with Gasteiger partial charge in [0, 0.05) is 39.5 Å². The number of piperidine rings is 1. The van der Waals surface area contributed by atoms with E-state index in [0.717, 1.165) is 51.9 Å². The molecule has 1 fully saturated rings. The van der Waals surface area contributed by atoms with Gasteiger partial charge in [0.1, 0.15) is 0 Å². The molecule has 0 saturated carbocycles. The van der Waals surface area contributed by atoms with E-state index in [4.69, 9.17) is 0 Å². The van der Waals surface area contributed by atoms with Gasteiger partial charge in [0.05, 0.1) is 0 Å². The number of nitrogens with one attached hydrogen (secondary N) is 2. The van der Waals surface area contributed by atoms with Crippen molar-refractivity contribution in [1.82, 2.24) is 15.5 Å². The number of halogens is 1. The van der Waals surface area contributed by atoms with Crippen LogP contribution >= 0.6 is 12.4 Å². The maximum Gasteiger partial charge on any atom is 0.220 e. The van der Waals surface area contributed by atoms with Gasteiger partial charge in [-0.05, 0) is 38.1 Å². The average Bonchev–Trinajstić information content (AvgIpc) is 2.45. The third-order valence-corrected chi connectivity index (χ3v) is 3.89. The Kier molecular flexibility index (Phi) is 11.4. The summed E-state index contributed by atoms with van der Waals surface area (Å²) in [5.41, 5.74) is 0. The lowest BCUT2D eigenvalue weighted by molar-refractivity contribution is -0.130. The first kappa shape index (κ1) is 20.2. The Morgan fingerprint density at radius 1 is 1.14 bits per heavy atom. The minimum absolute atomic E-state index is 0.